The van der Waals surface area contributed by atoms with Crippen molar-refractivity contribution in [3.8, 4) is 0 Å². The number of benzene rings is 2. The summed E-state index contributed by atoms with van der Waals surface area (Å²) in [6.07, 6.45) is 3.86. The molecule has 0 saturated carbocycles. The number of carbonyl (C=O) groups is 2. The van der Waals surface area contributed by atoms with E-state index in [2.05, 4.69) is 28.8 Å². The normalized spacial score (nSPS) is 13.7. The molecule has 39 heavy (non-hydrogen) atoms. The molecule has 0 N–H and O–H groups in total. The quantitative estimate of drug-likeness (QED) is 0.186. The van der Waals surface area contributed by atoms with Gasteiger partial charge in [0.25, 0.3) is 5.91 Å². The van der Waals surface area contributed by atoms with E-state index in [1.165, 1.54) is 45.7 Å². The van der Waals surface area contributed by atoms with Crippen LogP contribution < -0.4 is 4.90 Å². The highest BCUT2D eigenvalue weighted by Crippen LogP contribution is 2.33. The first-order chi connectivity index (χ1) is 19.1. The summed E-state index contributed by atoms with van der Waals surface area (Å²) in [5, 5.41) is 5.06. The number of aromatic nitrogens is 1. The molecule has 5 aromatic rings. The number of aryl methyl sites for hydroxylation is 2. The molecular weight excluding hydrogens is 524 g/mol. The molecular formula is C32H30N2O3S2. The molecule has 7 heteroatoms. The molecule has 1 aliphatic rings. The Morgan fingerprint density at radius 1 is 0.897 bits per heavy atom. The van der Waals surface area contributed by atoms with Crippen LogP contribution in [0.3, 0.4) is 0 Å². The van der Waals surface area contributed by atoms with E-state index in [1.807, 2.05) is 60.1 Å². The number of anilines is 1. The molecule has 3 aromatic heterocycles. The van der Waals surface area contributed by atoms with Crippen molar-refractivity contribution in [2.75, 3.05) is 11.4 Å². The average Bonchev–Trinajstić information content (AvgIpc) is 3.74. The van der Waals surface area contributed by atoms with E-state index >= 15 is 0 Å². The molecule has 6 rings (SSSR count). The zero-order valence-corrected chi connectivity index (χ0v) is 23.5. The van der Waals surface area contributed by atoms with Crippen LogP contribution >= 0.6 is 22.7 Å². The van der Waals surface area contributed by atoms with Crippen LogP contribution in [0.2, 0.25) is 0 Å². The van der Waals surface area contributed by atoms with Gasteiger partial charge in [-0.1, -0.05) is 48.0 Å². The third kappa shape index (κ3) is 5.29. The predicted molar refractivity (Wildman–Crippen MR) is 159 cm³/mol. The van der Waals surface area contributed by atoms with Gasteiger partial charge in [-0.2, -0.15) is 0 Å². The summed E-state index contributed by atoms with van der Waals surface area (Å²) in [5.41, 5.74) is 5.80. The summed E-state index contributed by atoms with van der Waals surface area (Å²) in [6, 6.07) is 23.8. The maximum atomic E-state index is 13.8. The lowest BCUT2D eigenvalue weighted by Crippen LogP contribution is -2.41. The Bertz CT molecular complexity index is 1580. The number of thiophene rings is 2. The van der Waals surface area contributed by atoms with Gasteiger partial charge in [0.1, 0.15) is 11.0 Å². The van der Waals surface area contributed by atoms with Gasteiger partial charge < -0.3 is 14.2 Å². The monoisotopic (exact) mass is 554 g/mol. The molecule has 0 bridgehead atoms. The van der Waals surface area contributed by atoms with Crippen LogP contribution in [-0.2, 0) is 24.1 Å². The van der Waals surface area contributed by atoms with Gasteiger partial charge in [-0.3, -0.25) is 4.79 Å². The zero-order valence-electron chi connectivity index (χ0n) is 21.8. The average molecular weight is 555 g/mol. The molecule has 3 heterocycles. The van der Waals surface area contributed by atoms with Crippen LogP contribution in [0.1, 0.15) is 49.0 Å². The van der Waals surface area contributed by atoms with Crippen LogP contribution in [0.25, 0.3) is 10.9 Å². The number of amides is 1. The molecule has 1 amide bonds. The minimum Gasteiger partial charge on any atom is -0.454 e. The van der Waals surface area contributed by atoms with Gasteiger partial charge in [0.05, 0.1) is 18.0 Å². The Hall–Kier alpha value is -3.68. The summed E-state index contributed by atoms with van der Waals surface area (Å²) >= 11 is 2.79. The Balaban J connectivity index is 1.40. The summed E-state index contributed by atoms with van der Waals surface area (Å²) < 4.78 is 8.54. The number of fused-ring (bicyclic) bond motifs is 3. The number of carbonyl (C=O) groups excluding carboxylic acids is 2. The van der Waals surface area contributed by atoms with Crippen LogP contribution in [0.15, 0.2) is 83.6 Å². The number of para-hydroxylation sites is 1. The van der Waals surface area contributed by atoms with Crippen molar-refractivity contribution in [3.05, 3.63) is 110 Å². The molecule has 0 spiro atoms. The van der Waals surface area contributed by atoms with Crippen molar-refractivity contribution in [2.24, 2.45) is 0 Å². The second-order valence-corrected chi connectivity index (χ2v) is 11.9. The summed E-state index contributed by atoms with van der Waals surface area (Å²) in [5.74, 6) is -0.446. The minimum atomic E-state index is -0.549. The first-order valence-electron chi connectivity index (χ1n) is 13.3. The Morgan fingerprint density at radius 3 is 2.36 bits per heavy atom. The maximum absolute atomic E-state index is 13.8. The first-order valence-corrected chi connectivity index (χ1v) is 15.1. The Morgan fingerprint density at radius 2 is 1.62 bits per heavy atom. The van der Waals surface area contributed by atoms with E-state index in [-0.39, 0.29) is 18.4 Å². The van der Waals surface area contributed by atoms with Crippen molar-refractivity contribution in [3.63, 3.8) is 0 Å². The van der Waals surface area contributed by atoms with E-state index in [0.717, 1.165) is 36.0 Å². The molecule has 0 aliphatic heterocycles. The van der Waals surface area contributed by atoms with Crippen molar-refractivity contribution in [1.29, 1.82) is 0 Å². The summed E-state index contributed by atoms with van der Waals surface area (Å²) in [4.78, 5) is 30.0. The van der Waals surface area contributed by atoms with Gasteiger partial charge in [0, 0.05) is 22.3 Å². The largest absolute Gasteiger partial charge is 0.454 e. The smallest absolute Gasteiger partial charge is 0.348 e. The van der Waals surface area contributed by atoms with Crippen molar-refractivity contribution >= 4 is 51.1 Å². The third-order valence-corrected chi connectivity index (χ3v) is 9.08. The molecule has 0 saturated heterocycles. The van der Waals surface area contributed by atoms with Gasteiger partial charge in [-0.05, 0) is 79.3 Å². The number of rotatable bonds is 8. The molecule has 1 atom stereocenters. The lowest BCUT2D eigenvalue weighted by atomic mass is 9.95. The lowest BCUT2D eigenvalue weighted by molar-refractivity contribution is 0.0281. The second-order valence-electron chi connectivity index (χ2n) is 9.99. The fourth-order valence-electron chi connectivity index (χ4n) is 5.50. The van der Waals surface area contributed by atoms with E-state index < -0.39 is 6.10 Å². The van der Waals surface area contributed by atoms with Crippen molar-refractivity contribution in [2.45, 2.75) is 45.3 Å². The zero-order chi connectivity index (χ0) is 26.8. The van der Waals surface area contributed by atoms with Crippen LogP contribution in [0.4, 0.5) is 5.69 Å². The number of ether oxygens (including phenoxy) is 1. The van der Waals surface area contributed by atoms with E-state index in [1.54, 1.807) is 11.0 Å². The van der Waals surface area contributed by atoms with Crippen LogP contribution in [0, 0.1) is 6.92 Å². The number of hydrogen-bond acceptors (Lipinski definition) is 5. The Labute approximate surface area is 236 Å². The highest BCUT2D eigenvalue weighted by atomic mass is 32.1. The number of esters is 1. The molecule has 0 fully saturated rings. The summed E-state index contributed by atoms with van der Waals surface area (Å²) in [6.45, 7) is 2.76. The minimum absolute atomic E-state index is 0.0922. The van der Waals surface area contributed by atoms with Crippen molar-refractivity contribution in [1.82, 2.24) is 4.57 Å². The van der Waals surface area contributed by atoms with Gasteiger partial charge in [-0.15, -0.1) is 22.7 Å². The fourth-order valence-corrected chi connectivity index (χ4v) is 6.78. The first kappa shape index (κ1) is 25.6. The van der Waals surface area contributed by atoms with E-state index in [4.69, 9.17) is 4.74 Å². The molecule has 1 aliphatic carbocycles. The fraction of sp³-hybridized carbons (Fsp3) is 0.250. The standard InChI is InChI=1S/C32H30N2O3S2/c1-22-14-16-23(17-15-22)33(31(35)29-12-6-18-38-29)20-24(37-32(36)30-13-7-19-39-30)21-34-27-10-4-2-8-25(27)26-9-3-5-11-28(26)34/h2,4,6-8,10,12-19,24H,3,5,9,11,20-21H2,1H3. The topological polar surface area (TPSA) is 51.5 Å². The third-order valence-electron chi connectivity index (χ3n) is 7.38. The van der Waals surface area contributed by atoms with Gasteiger partial charge in [0.15, 0.2) is 0 Å². The van der Waals surface area contributed by atoms with Gasteiger partial charge in [-0.25, -0.2) is 4.79 Å². The Kier molecular flexibility index (Phi) is 7.35. The van der Waals surface area contributed by atoms with Gasteiger partial charge in [0.2, 0.25) is 0 Å². The van der Waals surface area contributed by atoms with Crippen molar-refractivity contribution < 1.29 is 14.3 Å². The number of nitrogens with zero attached hydrogens (tertiary/aromatic N) is 2. The highest BCUT2D eigenvalue weighted by molar-refractivity contribution is 7.12. The molecule has 2 aromatic carbocycles. The van der Waals surface area contributed by atoms with Crippen LogP contribution in [-0.4, -0.2) is 29.1 Å². The molecule has 198 valence electrons. The molecule has 5 nitrogen and oxygen atoms in total. The maximum Gasteiger partial charge on any atom is 0.348 e. The lowest BCUT2D eigenvalue weighted by Gasteiger charge is -2.29. The van der Waals surface area contributed by atoms with Crippen LogP contribution in [0.5, 0.6) is 0 Å². The second kappa shape index (κ2) is 11.2. The summed E-state index contributed by atoms with van der Waals surface area (Å²) in [7, 11) is 0. The van der Waals surface area contributed by atoms with Gasteiger partial charge >= 0.3 is 5.97 Å². The number of hydrogen-bond donors (Lipinski definition) is 0. The van der Waals surface area contributed by atoms with E-state index in [0.29, 0.717) is 16.3 Å². The highest BCUT2D eigenvalue weighted by Gasteiger charge is 2.28. The van der Waals surface area contributed by atoms with E-state index in [9.17, 15) is 9.59 Å². The molecule has 0 radical (unpaired) electrons. The predicted octanol–water partition coefficient (Wildman–Crippen LogP) is 7.52. The SMILES string of the molecule is Cc1ccc(N(CC(Cn2c3c(c4ccccc42)CCCC3)OC(=O)c2cccs2)C(=O)c2cccs2)cc1. The molecule has 1 unspecified atom stereocenters.